The summed E-state index contributed by atoms with van der Waals surface area (Å²) >= 11 is 0. The van der Waals surface area contributed by atoms with E-state index in [1.807, 2.05) is 6.07 Å². The summed E-state index contributed by atoms with van der Waals surface area (Å²) in [6.07, 6.45) is -0.210. The van der Waals surface area contributed by atoms with Crippen molar-refractivity contribution in [1.29, 1.82) is 0 Å². The molecule has 0 amide bonds. The van der Waals surface area contributed by atoms with Crippen LogP contribution < -0.4 is 0 Å². The van der Waals surface area contributed by atoms with Crippen LogP contribution in [0.1, 0.15) is 31.7 Å². The largest absolute Gasteiger partial charge is 0.481 e. The summed E-state index contributed by atoms with van der Waals surface area (Å²) in [4.78, 5) is 22.0. The van der Waals surface area contributed by atoms with Gasteiger partial charge in [0, 0.05) is 12.2 Å². The van der Waals surface area contributed by atoms with Gasteiger partial charge in [-0.05, 0) is 24.8 Å². The van der Waals surface area contributed by atoms with Crippen LogP contribution in [0, 0.1) is 5.92 Å². The minimum atomic E-state index is -3.44. The molecular formula is C16H22O6S. The number of rotatable bonds is 10. The highest BCUT2D eigenvalue weighted by molar-refractivity contribution is 7.92. The maximum Gasteiger partial charge on any atom is 0.306 e. The first-order valence-electron chi connectivity index (χ1n) is 7.46. The summed E-state index contributed by atoms with van der Waals surface area (Å²) in [6, 6.07) is 9.00. The SMILES string of the molecule is CCS(=O)(=O)C(Cc1ccccc1)CC(CCC(=O)O)C(=O)O. The van der Waals surface area contributed by atoms with E-state index in [-0.39, 0.29) is 31.4 Å². The van der Waals surface area contributed by atoms with Gasteiger partial charge in [0.05, 0.1) is 11.2 Å². The molecule has 0 fully saturated rings. The Kier molecular flexibility index (Phi) is 7.22. The average molecular weight is 342 g/mol. The Hall–Kier alpha value is -1.89. The van der Waals surface area contributed by atoms with Crippen molar-refractivity contribution in [2.45, 2.75) is 37.9 Å². The van der Waals surface area contributed by atoms with Crippen molar-refractivity contribution in [3.63, 3.8) is 0 Å². The van der Waals surface area contributed by atoms with Crippen LogP contribution in [0.4, 0.5) is 0 Å². The second-order valence-electron chi connectivity index (χ2n) is 5.47. The van der Waals surface area contributed by atoms with Crippen molar-refractivity contribution in [3.8, 4) is 0 Å². The molecule has 0 heterocycles. The van der Waals surface area contributed by atoms with Crippen LogP contribution in [0.25, 0.3) is 0 Å². The Bertz CT molecular complexity index is 623. The molecule has 0 aliphatic carbocycles. The van der Waals surface area contributed by atoms with Crippen molar-refractivity contribution in [2.75, 3.05) is 5.75 Å². The number of benzene rings is 1. The summed E-state index contributed by atoms with van der Waals surface area (Å²) in [5, 5.41) is 17.1. The number of hydrogen-bond donors (Lipinski definition) is 2. The van der Waals surface area contributed by atoms with E-state index in [0.29, 0.717) is 0 Å². The highest BCUT2D eigenvalue weighted by Crippen LogP contribution is 2.22. The van der Waals surface area contributed by atoms with Crippen LogP contribution in [0.15, 0.2) is 30.3 Å². The molecule has 2 N–H and O–H groups in total. The van der Waals surface area contributed by atoms with Gasteiger partial charge in [-0.15, -0.1) is 0 Å². The van der Waals surface area contributed by atoms with E-state index in [2.05, 4.69) is 0 Å². The monoisotopic (exact) mass is 342 g/mol. The van der Waals surface area contributed by atoms with Crippen LogP contribution in [-0.4, -0.2) is 41.6 Å². The molecule has 7 heteroatoms. The lowest BCUT2D eigenvalue weighted by atomic mass is 9.95. The number of hydrogen-bond acceptors (Lipinski definition) is 4. The second-order valence-corrected chi connectivity index (χ2v) is 8.04. The zero-order valence-electron chi connectivity index (χ0n) is 13.0. The van der Waals surface area contributed by atoms with E-state index < -0.39 is 32.9 Å². The number of carbonyl (C=O) groups is 2. The zero-order valence-corrected chi connectivity index (χ0v) is 13.8. The summed E-state index contributed by atoms with van der Waals surface area (Å²) in [5.74, 6) is -3.30. The average Bonchev–Trinajstić information content (AvgIpc) is 2.50. The van der Waals surface area contributed by atoms with E-state index in [0.717, 1.165) is 5.56 Å². The first kappa shape index (κ1) is 19.2. The molecule has 128 valence electrons. The first-order chi connectivity index (χ1) is 10.8. The van der Waals surface area contributed by atoms with Gasteiger partial charge in [0.25, 0.3) is 0 Å². The molecule has 2 unspecified atom stereocenters. The Morgan fingerprint density at radius 2 is 1.74 bits per heavy atom. The van der Waals surface area contributed by atoms with Crippen molar-refractivity contribution in [2.24, 2.45) is 5.92 Å². The van der Waals surface area contributed by atoms with Crippen LogP contribution in [0.3, 0.4) is 0 Å². The molecule has 1 aromatic carbocycles. The Balaban J connectivity index is 2.94. The van der Waals surface area contributed by atoms with Crippen molar-refractivity contribution < 1.29 is 28.2 Å². The third kappa shape index (κ3) is 6.40. The van der Waals surface area contributed by atoms with Crippen LogP contribution in [0.5, 0.6) is 0 Å². The van der Waals surface area contributed by atoms with Crippen molar-refractivity contribution >= 4 is 21.8 Å². The highest BCUT2D eigenvalue weighted by Gasteiger charge is 2.30. The molecule has 0 aromatic heterocycles. The third-order valence-electron chi connectivity index (χ3n) is 3.82. The van der Waals surface area contributed by atoms with Crippen molar-refractivity contribution in [3.05, 3.63) is 35.9 Å². The molecule has 1 rings (SSSR count). The van der Waals surface area contributed by atoms with Crippen LogP contribution >= 0.6 is 0 Å². The number of carboxylic acid groups (broad SMARTS) is 2. The predicted molar refractivity (Wildman–Crippen MR) is 86.0 cm³/mol. The Labute approximate surface area is 136 Å². The smallest absolute Gasteiger partial charge is 0.306 e. The van der Waals surface area contributed by atoms with Gasteiger partial charge in [0.2, 0.25) is 0 Å². The second kappa shape index (κ2) is 8.67. The van der Waals surface area contributed by atoms with Gasteiger partial charge in [-0.3, -0.25) is 9.59 Å². The summed E-state index contributed by atoms with van der Waals surface area (Å²) in [5.41, 5.74) is 0.817. The molecule has 0 saturated carbocycles. The van der Waals surface area contributed by atoms with Crippen LogP contribution in [0.2, 0.25) is 0 Å². The number of carboxylic acids is 2. The summed E-state index contributed by atoms with van der Waals surface area (Å²) in [7, 11) is -3.44. The highest BCUT2D eigenvalue weighted by atomic mass is 32.2. The number of aliphatic carboxylic acids is 2. The lowest BCUT2D eigenvalue weighted by Gasteiger charge is -2.21. The lowest BCUT2D eigenvalue weighted by Crippen LogP contribution is -2.31. The van der Waals surface area contributed by atoms with Gasteiger partial charge >= 0.3 is 11.9 Å². The standard InChI is InChI=1S/C16H22O6S/c1-2-23(21,22)14(10-12-6-4-3-5-7-12)11-13(16(19)20)8-9-15(17)18/h3-7,13-14H,2,8-11H2,1H3,(H,17,18)(H,19,20). The molecular weight excluding hydrogens is 320 g/mol. The third-order valence-corrected chi connectivity index (χ3v) is 6.00. The van der Waals surface area contributed by atoms with E-state index in [1.54, 1.807) is 24.3 Å². The van der Waals surface area contributed by atoms with Gasteiger partial charge < -0.3 is 10.2 Å². The molecule has 0 saturated heterocycles. The van der Waals surface area contributed by atoms with E-state index in [9.17, 15) is 23.1 Å². The Morgan fingerprint density at radius 1 is 1.13 bits per heavy atom. The normalized spacial score (nSPS) is 14.1. The molecule has 23 heavy (non-hydrogen) atoms. The fourth-order valence-electron chi connectivity index (χ4n) is 2.43. The molecule has 1 aromatic rings. The van der Waals surface area contributed by atoms with Gasteiger partial charge in [-0.2, -0.15) is 0 Å². The van der Waals surface area contributed by atoms with Gasteiger partial charge in [0.1, 0.15) is 0 Å². The predicted octanol–water partition coefficient (Wildman–Crippen LogP) is 1.99. The molecule has 2 atom stereocenters. The van der Waals surface area contributed by atoms with Crippen LogP contribution in [-0.2, 0) is 25.8 Å². The van der Waals surface area contributed by atoms with E-state index in [1.165, 1.54) is 6.92 Å². The quantitative estimate of drug-likeness (QED) is 0.673. The maximum atomic E-state index is 12.3. The molecule has 0 spiro atoms. The molecule has 6 nitrogen and oxygen atoms in total. The molecule has 0 radical (unpaired) electrons. The molecule has 0 aliphatic heterocycles. The summed E-state index contributed by atoms with van der Waals surface area (Å²) < 4.78 is 24.6. The lowest BCUT2D eigenvalue weighted by molar-refractivity contribution is -0.143. The van der Waals surface area contributed by atoms with Crippen molar-refractivity contribution in [1.82, 2.24) is 0 Å². The zero-order chi connectivity index (χ0) is 17.5. The Morgan fingerprint density at radius 3 is 2.22 bits per heavy atom. The van der Waals surface area contributed by atoms with E-state index in [4.69, 9.17) is 5.11 Å². The first-order valence-corrected chi connectivity index (χ1v) is 9.18. The fraction of sp³-hybridized carbons (Fsp3) is 0.500. The maximum absolute atomic E-state index is 12.3. The topological polar surface area (TPSA) is 109 Å². The number of sulfone groups is 1. The van der Waals surface area contributed by atoms with Gasteiger partial charge in [-0.1, -0.05) is 37.3 Å². The fourth-order valence-corrected chi connectivity index (χ4v) is 3.87. The van der Waals surface area contributed by atoms with Gasteiger partial charge in [-0.25, -0.2) is 8.42 Å². The minimum absolute atomic E-state index is 0.0736. The minimum Gasteiger partial charge on any atom is -0.481 e. The molecule has 0 aliphatic rings. The van der Waals surface area contributed by atoms with Gasteiger partial charge in [0.15, 0.2) is 9.84 Å². The molecule has 0 bridgehead atoms. The van der Waals surface area contributed by atoms with E-state index >= 15 is 0 Å². The summed E-state index contributed by atoms with van der Waals surface area (Å²) in [6.45, 7) is 1.53.